The molecule has 1 amide bonds. The van der Waals surface area contributed by atoms with Gasteiger partial charge in [0, 0.05) is 19.3 Å². The summed E-state index contributed by atoms with van der Waals surface area (Å²) < 4.78 is 36.8. The molecule has 0 aliphatic carbocycles. The van der Waals surface area contributed by atoms with Crippen LogP contribution in [0.2, 0.25) is 0 Å². The molecule has 0 radical (unpaired) electrons. The lowest BCUT2D eigenvalue weighted by atomic mass is 10.1. The molecule has 2 aromatic rings. The number of amides is 1. The Morgan fingerprint density at radius 3 is 2.32 bits per heavy atom. The Bertz CT molecular complexity index is 911. The van der Waals surface area contributed by atoms with Crippen molar-refractivity contribution in [3.8, 4) is 11.5 Å². The Hall–Kier alpha value is -2.58. The van der Waals surface area contributed by atoms with Crippen LogP contribution in [0.1, 0.15) is 30.1 Å². The van der Waals surface area contributed by atoms with E-state index < -0.39 is 10.0 Å². The fraction of sp³-hybridized carbons (Fsp3) is 0.350. The van der Waals surface area contributed by atoms with Crippen LogP contribution >= 0.6 is 0 Å². The predicted octanol–water partition coefficient (Wildman–Crippen LogP) is 3.38. The summed E-state index contributed by atoms with van der Waals surface area (Å²) in [6, 6.07) is 11.0. The number of benzene rings is 2. The van der Waals surface area contributed by atoms with Gasteiger partial charge >= 0.3 is 0 Å². The summed E-state index contributed by atoms with van der Waals surface area (Å²) >= 11 is 0. The molecule has 0 saturated heterocycles. The van der Waals surface area contributed by atoms with Crippen LogP contribution in [0.3, 0.4) is 0 Å². The minimum Gasteiger partial charge on any atom is -0.497 e. The Morgan fingerprint density at radius 1 is 1.07 bits per heavy atom. The minimum atomic E-state index is -3.54. The predicted molar refractivity (Wildman–Crippen MR) is 109 cm³/mol. The molecule has 8 heteroatoms. The number of ether oxygens (including phenoxy) is 2. The second-order valence-electron chi connectivity index (χ2n) is 6.22. The van der Waals surface area contributed by atoms with E-state index in [-0.39, 0.29) is 10.8 Å². The average molecular weight is 407 g/mol. The molecule has 0 bridgehead atoms. The molecule has 0 spiro atoms. The van der Waals surface area contributed by atoms with Gasteiger partial charge in [0.25, 0.3) is 5.91 Å². The van der Waals surface area contributed by atoms with Gasteiger partial charge in [-0.05, 0) is 48.9 Å². The largest absolute Gasteiger partial charge is 0.497 e. The molecule has 0 heterocycles. The number of carbonyl (C=O) groups is 1. The highest BCUT2D eigenvalue weighted by Gasteiger charge is 2.20. The van der Waals surface area contributed by atoms with Crippen LogP contribution in [0.5, 0.6) is 11.5 Å². The van der Waals surface area contributed by atoms with Gasteiger partial charge < -0.3 is 14.8 Å². The van der Waals surface area contributed by atoms with Crippen LogP contribution in [0.15, 0.2) is 47.4 Å². The molecule has 28 heavy (non-hydrogen) atoms. The van der Waals surface area contributed by atoms with E-state index in [1.165, 1.54) is 30.7 Å². The molecule has 0 aliphatic heterocycles. The highest BCUT2D eigenvalue weighted by molar-refractivity contribution is 7.89. The van der Waals surface area contributed by atoms with Gasteiger partial charge in [0.05, 0.1) is 24.7 Å². The summed E-state index contributed by atoms with van der Waals surface area (Å²) in [6.07, 6.45) is 1.71. The van der Waals surface area contributed by atoms with Gasteiger partial charge in [-0.25, -0.2) is 12.7 Å². The second-order valence-corrected chi connectivity index (χ2v) is 8.27. The lowest BCUT2D eigenvalue weighted by molar-refractivity contribution is 0.102. The first-order valence-electron chi connectivity index (χ1n) is 8.93. The van der Waals surface area contributed by atoms with Gasteiger partial charge in [0.1, 0.15) is 11.5 Å². The van der Waals surface area contributed by atoms with Crippen molar-refractivity contribution in [2.75, 3.05) is 33.1 Å². The van der Waals surface area contributed by atoms with E-state index in [9.17, 15) is 13.2 Å². The maximum Gasteiger partial charge on any atom is 0.259 e. The minimum absolute atomic E-state index is 0.183. The van der Waals surface area contributed by atoms with Crippen molar-refractivity contribution < 1.29 is 22.7 Å². The van der Waals surface area contributed by atoms with E-state index in [2.05, 4.69) is 5.32 Å². The summed E-state index contributed by atoms with van der Waals surface area (Å²) in [4.78, 5) is 12.8. The monoisotopic (exact) mass is 406 g/mol. The summed E-state index contributed by atoms with van der Waals surface area (Å²) in [5.41, 5.74) is 0.794. The number of sulfonamides is 1. The van der Waals surface area contributed by atoms with Crippen LogP contribution in [0.4, 0.5) is 5.69 Å². The first kappa shape index (κ1) is 21.7. The van der Waals surface area contributed by atoms with Gasteiger partial charge in [-0.15, -0.1) is 0 Å². The van der Waals surface area contributed by atoms with Crippen LogP contribution in [-0.2, 0) is 10.0 Å². The first-order valence-corrected chi connectivity index (χ1v) is 10.4. The van der Waals surface area contributed by atoms with E-state index in [1.807, 2.05) is 6.92 Å². The third-order valence-corrected chi connectivity index (χ3v) is 6.17. The van der Waals surface area contributed by atoms with Gasteiger partial charge in [-0.3, -0.25) is 4.79 Å². The van der Waals surface area contributed by atoms with E-state index in [0.29, 0.717) is 29.3 Å². The zero-order valence-corrected chi connectivity index (χ0v) is 17.4. The van der Waals surface area contributed by atoms with Crippen molar-refractivity contribution in [2.45, 2.75) is 24.7 Å². The van der Waals surface area contributed by atoms with E-state index in [0.717, 1.165) is 12.8 Å². The van der Waals surface area contributed by atoms with Crippen molar-refractivity contribution in [3.63, 3.8) is 0 Å². The fourth-order valence-electron chi connectivity index (χ4n) is 2.58. The molecule has 0 saturated carbocycles. The molecule has 1 N–H and O–H groups in total. The molecule has 152 valence electrons. The second kappa shape index (κ2) is 9.57. The number of anilines is 1. The van der Waals surface area contributed by atoms with E-state index in [4.69, 9.17) is 9.47 Å². The van der Waals surface area contributed by atoms with Gasteiger partial charge in [0.2, 0.25) is 10.0 Å². The van der Waals surface area contributed by atoms with Crippen LogP contribution in [0.25, 0.3) is 0 Å². The van der Waals surface area contributed by atoms with Crippen molar-refractivity contribution in [3.05, 3.63) is 48.0 Å². The van der Waals surface area contributed by atoms with Gasteiger partial charge in [0.15, 0.2) is 0 Å². The van der Waals surface area contributed by atoms with Crippen molar-refractivity contribution in [1.82, 2.24) is 4.31 Å². The van der Waals surface area contributed by atoms with Gasteiger partial charge in [-0.2, -0.15) is 0 Å². The lowest BCUT2D eigenvalue weighted by Gasteiger charge is -2.17. The normalized spacial score (nSPS) is 11.3. The zero-order chi connectivity index (χ0) is 20.7. The highest BCUT2D eigenvalue weighted by atomic mass is 32.2. The van der Waals surface area contributed by atoms with Crippen LogP contribution in [0, 0.1) is 0 Å². The fourth-order valence-corrected chi connectivity index (χ4v) is 3.79. The smallest absolute Gasteiger partial charge is 0.259 e. The van der Waals surface area contributed by atoms with Crippen molar-refractivity contribution in [2.24, 2.45) is 0 Å². The number of unbranched alkanes of at least 4 members (excludes halogenated alkanes) is 1. The summed E-state index contributed by atoms with van der Waals surface area (Å²) in [5, 5.41) is 2.74. The SMILES string of the molecule is CCCCN(C)S(=O)(=O)c1ccc(NC(=O)c2cc(OC)ccc2OC)cc1. The number of nitrogens with zero attached hydrogens (tertiary/aromatic N) is 1. The summed E-state index contributed by atoms with van der Waals surface area (Å²) in [5.74, 6) is 0.559. The molecule has 2 aromatic carbocycles. The Morgan fingerprint density at radius 2 is 1.75 bits per heavy atom. The third-order valence-electron chi connectivity index (χ3n) is 4.30. The first-order chi connectivity index (χ1) is 13.3. The maximum atomic E-state index is 12.6. The maximum absolute atomic E-state index is 12.6. The molecule has 0 unspecified atom stereocenters. The summed E-state index contributed by atoms with van der Waals surface area (Å²) in [6.45, 7) is 2.47. The molecular formula is C20H26N2O5S. The van der Waals surface area contributed by atoms with Crippen molar-refractivity contribution in [1.29, 1.82) is 0 Å². The number of nitrogens with one attached hydrogen (secondary N) is 1. The van der Waals surface area contributed by atoms with Crippen molar-refractivity contribution >= 4 is 21.6 Å². The van der Waals surface area contributed by atoms with Gasteiger partial charge in [-0.1, -0.05) is 13.3 Å². The topological polar surface area (TPSA) is 84.9 Å². The summed E-state index contributed by atoms with van der Waals surface area (Å²) in [7, 11) is 1.01. The van der Waals surface area contributed by atoms with E-state index >= 15 is 0 Å². The highest BCUT2D eigenvalue weighted by Crippen LogP contribution is 2.25. The molecule has 7 nitrogen and oxygen atoms in total. The molecular weight excluding hydrogens is 380 g/mol. The molecule has 0 aliphatic rings. The standard InChI is InChI=1S/C20H26N2O5S/c1-5-6-13-22(2)28(24,25)17-10-7-15(8-11-17)21-20(23)18-14-16(26-3)9-12-19(18)27-4/h7-12,14H,5-6,13H2,1-4H3,(H,21,23). The number of carbonyl (C=O) groups excluding carboxylic acids is 1. The number of hydrogen-bond acceptors (Lipinski definition) is 5. The van der Waals surface area contributed by atoms with Crippen LogP contribution in [-0.4, -0.2) is 46.4 Å². The molecule has 0 aromatic heterocycles. The molecule has 2 rings (SSSR count). The zero-order valence-electron chi connectivity index (χ0n) is 16.6. The Labute approximate surface area is 166 Å². The number of methoxy groups -OCH3 is 2. The average Bonchev–Trinajstić information content (AvgIpc) is 2.71. The molecule has 0 atom stereocenters. The Balaban J connectivity index is 2.18. The third kappa shape index (κ3) is 5.02. The lowest BCUT2D eigenvalue weighted by Crippen LogP contribution is -2.27. The Kier molecular flexibility index (Phi) is 7.42. The van der Waals surface area contributed by atoms with E-state index in [1.54, 1.807) is 37.4 Å². The van der Waals surface area contributed by atoms with Crippen LogP contribution < -0.4 is 14.8 Å². The number of hydrogen-bond donors (Lipinski definition) is 1. The quantitative estimate of drug-likeness (QED) is 0.690. The number of rotatable bonds is 9. The molecule has 0 fully saturated rings.